The van der Waals surface area contributed by atoms with E-state index in [4.69, 9.17) is 34.8 Å². The van der Waals surface area contributed by atoms with Gasteiger partial charge in [-0.2, -0.15) is 20.2 Å². The van der Waals surface area contributed by atoms with Crippen LogP contribution in [0.5, 0.6) is 0 Å². The SMILES string of the molecule is CSc1nc(NC(C)C)nc(N(C#N)C(NC=O)C(Cl)(Cl)Cl)n1. The molecule has 0 saturated heterocycles. The molecule has 1 unspecified atom stereocenters. The first kappa shape index (κ1) is 19.8. The van der Waals surface area contributed by atoms with Crippen LogP contribution in [0.2, 0.25) is 0 Å². The van der Waals surface area contributed by atoms with Gasteiger partial charge in [0.1, 0.15) is 0 Å². The third-order valence-electron chi connectivity index (χ3n) is 2.32. The standard InChI is InChI=1S/C11H14Cl3N7OS/c1-6(2)17-8-18-9(20-10(19-8)23-3)21(4-15)7(16-5-22)11(12,13)14/h5-7H,1-3H3,(H,16,22)(H,17,18,19,20). The second-order valence-electron chi connectivity index (χ2n) is 4.44. The molecule has 1 atom stereocenters. The highest BCUT2D eigenvalue weighted by Gasteiger charge is 2.39. The van der Waals surface area contributed by atoms with Crippen molar-refractivity contribution in [1.29, 1.82) is 5.26 Å². The van der Waals surface area contributed by atoms with Crippen LogP contribution in [0.3, 0.4) is 0 Å². The van der Waals surface area contributed by atoms with E-state index in [-0.39, 0.29) is 17.9 Å². The third kappa shape index (κ3) is 5.73. The van der Waals surface area contributed by atoms with Gasteiger partial charge in [-0.3, -0.25) is 4.79 Å². The first-order valence-electron chi connectivity index (χ1n) is 6.25. The lowest BCUT2D eigenvalue weighted by atomic mass is 10.4. The van der Waals surface area contributed by atoms with E-state index < -0.39 is 9.96 Å². The number of amides is 1. The van der Waals surface area contributed by atoms with Crippen molar-refractivity contribution >= 4 is 64.9 Å². The third-order valence-corrected chi connectivity index (χ3v) is 3.49. The van der Waals surface area contributed by atoms with Crippen LogP contribution < -0.4 is 15.5 Å². The lowest BCUT2D eigenvalue weighted by molar-refractivity contribution is -0.110. The summed E-state index contributed by atoms with van der Waals surface area (Å²) in [4.78, 5) is 24.1. The molecule has 12 heteroatoms. The highest BCUT2D eigenvalue weighted by molar-refractivity contribution is 7.98. The molecule has 8 nitrogen and oxygen atoms in total. The number of aromatic nitrogens is 3. The highest BCUT2D eigenvalue weighted by atomic mass is 35.6. The zero-order valence-corrected chi connectivity index (χ0v) is 15.5. The molecule has 0 aromatic carbocycles. The van der Waals surface area contributed by atoms with Gasteiger partial charge < -0.3 is 10.6 Å². The monoisotopic (exact) mass is 397 g/mol. The molecule has 0 aliphatic heterocycles. The number of carbonyl (C=O) groups is 1. The number of alkyl halides is 3. The second-order valence-corrected chi connectivity index (χ2v) is 7.59. The Morgan fingerprint density at radius 3 is 2.43 bits per heavy atom. The molecule has 0 saturated carbocycles. The Morgan fingerprint density at radius 2 is 2.00 bits per heavy atom. The van der Waals surface area contributed by atoms with Crippen molar-refractivity contribution in [2.24, 2.45) is 0 Å². The molecule has 0 bridgehead atoms. The van der Waals surface area contributed by atoms with Gasteiger partial charge in [0.15, 0.2) is 17.5 Å². The van der Waals surface area contributed by atoms with Crippen LogP contribution in [0.4, 0.5) is 11.9 Å². The maximum Gasteiger partial charge on any atom is 0.246 e. The molecule has 1 rings (SSSR count). The van der Waals surface area contributed by atoms with E-state index in [2.05, 4.69) is 25.6 Å². The Balaban J connectivity index is 3.32. The quantitative estimate of drug-likeness (QED) is 0.180. The number of nitrogens with one attached hydrogen (secondary N) is 2. The van der Waals surface area contributed by atoms with Crippen molar-refractivity contribution in [2.45, 2.75) is 35.0 Å². The van der Waals surface area contributed by atoms with Gasteiger partial charge in [-0.1, -0.05) is 46.6 Å². The smallest absolute Gasteiger partial charge is 0.246 e. The molecule has 1 heterocycles. The number of nitrogens with zero attached hydrogens (tertiary/aromatic N) is 5. The normalized spacial score (nSPS) is 12.4. The van der Waals surface area contributed by atoms with Crippen molar-refractivity contribution in [3.63, 3.8) is 0 Å². The summed E-state index contributed by atoms with van der Waals surface area (Å²) in [5, 5.41) is 15.0. The van der Waals surface area contributed by atoms with E-state index in [1.807, 2.05) is 20.0 Å². The molecule has 126 valence electrons. The van der Waals surface area contributed by atoms with Crippen LogP contribution in [0.1, 0.15) is 13.8 Å². The number of thioether (sulfide) groups is 1. The molecule has 1 aromatic heterocycles. The molecule has 2 N–H and O–H groups in total. The highest BCUT2D eigenvalue weighted by Crippen LogP contribution is 2.33. The van der Waals surface area contributed by atoms with Gasteiger partial charge in [-0.25, -0.2) is 4.90 Å². The summed E-state index contributed by atoms with van der Waals surface area (Å²) in [5.41, 5.74) is 0. The summed E-state index contributed by atoms with van der Waals surface area (Å²) in [7, 11) is 0. The molecule has 1 aromatic rings. The van der Waals surface area contributed by atoms with E-state index in [1.165, 1.54) is 11.8 Å². The number of hydrogen-bond donors (Lipinski definition) is 2. The van der Waals surface area contributed by atoms with Crippen LogP contribution in [0.25, 0.3) is 0 Å². The molecular weight excluding hydrogens is 385 g/mol. The predicted molar refractivity (Wildman–Crippen MR) is 91.7 cm³/mol. The zero-order chi connectivity index (χ0) is 17.6. The fourth-order valence-electron chi connectivity index (χ4n) is 1.47. The molecule has 0 fully saturated rings. The molecule has 0 radical (unpaired) electrons. The molecule has 0 aliphatic rings. The molecule has 0 spiro atoms. The van der Waals surface area contributed by atoms with Gasteiger partial charge in [-0.15, -0.1) is 0 Å². The van der Waals surface area contributed by atoms with Crippen molar-refractivity contribution in [3.05, 3.63) is 0 Å². The average molecular weight is 399 g/mol. The second kappa shape index (κ2) is 8.59. The molecule has 23 heavy (non-hydrogen) atoms. The summed E-state index contributed by atoms with van der Waals surface area (Å²) in [6, 6.07) is 0.0626. The van der Waals surface area contributed by atoms with Crippen LogP contribution in [0, 0.1) is 11.5 Å². The Hall–Kier alpha value is -1.21. The minimum absolute atomic E-state index is 0.0549. The molecule has 1 amide bonds. The van der Waals surface area contributed by atoms with E-state index in [1.54, 1.807) is 6.26 Å². The number of halogens is 3. The van der Waals surface area contributed by atoms with E-state index in [9.17, 15) is 10.1 Å². The number of nitriles is 1. The van der Waals surface area contributed by atoms with Crippen LogP contribution in [0.15, 0.2) is 5.16 Å². The van der Waals surface area contributed by atoms with Crippen molar-refractivity contribution in [3.8, 4) is 6.19 Å². The first-order valence-corrected chi connectivity index (χ1v) is 8.60. The van der Waals surface area contributed by atoms with E-state index in [0.717, 1.165) is 4.90 Å². The first-order chi connectivity index (χ1) is 10.7. The van der Waals surface area contributed by atoms with Crippen molar-refractivity contribution in [1.82, 2.24) is 20.3 Å². The summed E-state index contributed by atoms with van der Waals surface area (Å²) in [5.74, 6) is 0.212. The Kier molecular flexibility index (Phi) is 7.41. The van der Waals surface area contributed by atoms with Gasteiger partial charge in [0.25, 0.3) is 0 Å². The summed E-state index contributed by atoms with van der Waals surface area (Å²) in [6.45, 7) is 3.81. The lowest BCUT2D eigenvalue weighted by Crippen LogP contribution is -2.52. The van der Waals surface area contributed by atoms with Crippen LogP contribution in [-0.4, -0.2) is 43.6 Å². The van der Waals surface area contributed by atoms with E-state index in [0.29, 0.717) is 11.6 Å². The predicted octanol–water partition coefficient (Wildman–Crippen LogP) is 2.14. The topological polar surface area (TPSA) is 107 Å². The van der Waals surface area contributed by atoms with Gasteiger partial charge in [-0.05, 0) is 20.1 Å². The average Bonchev–Trinajstić information content (AvgIpc) is 2.45. The van der Waals surface area contributed by atoms with E-state index >= 15 is 0 Å². The fraction of sp³-hybridized carbons (Fsp3) is 0.545. The van der Waals surface area contributed by atoms with Crippen LogP contribution >= 0.6 is 46.6 Å². The molecule has 0 aliphatic carbocycles. The largest absolute Gasteiger partial charge is 0.352 e. The number of anilines is 2. The van der Waals surface area contributed by atoms with Gasteiger partial charge in [0.2, 0.25) is 22.1 Å². The lowest BCUT2D eigenvalue weighted by Gasteiger charge is -2.29. The van der Waals surface area contributed by atoms with Gasteiger partial charge in [0, 0.05) is 6.04 Å². The Labute approximate surface area is 152 Å². The minimum atomic E-state index is -1.98. The maximum atomic E-state index is 10.8. The zero-order valence-electron chi connectivity index (χ0n) is 12.4. The maximum absolute atomic E-state index is 10.8. The van der Waals surface area contributed by atoms with Crippen molar-refractivity contribution < 1.29 is 4.79 Å². The van der Waals surface area contributed by atoms with Crippen LogP contribution in [-0.2, 0) is 4.79 Å². The van der Waals surface area contributed by atoms with Crippen molar-refractivity contribution in [2.75, 3.05) is 16.5 Å². The number of rotatable bonds is 7. The Bertz CT molecular complexity index is 590. The number of hydrogen-bond acceptors (Lipinski definition) is 8. The summed E-state index contributed by atoms with van der Waals surface area (Å²) in [6.07, 6.45) is 2.62. The molecular formula is C11H14Cl3N7OS. The Morgan fingerprint density at radius 1 is 1.35 bits per heavy atom. The summed E-state index contributed by atoms with van der Waals surface area (Å²) >= 11 is 18.7. The minimum Gasteiger partial charge on any atom is -0.352 e. The number of carbonyl (C=O) groups excluding carboxylic acids is 1. The fourth-order valence-corrected chi connectivity index (χ4v) is 2.30. The summed E-state index contributed by atoms with van der Waals surface area (Å²) < 4.78 is -1.98. The van der Waals surface area contributed by atoms with Gasteiger partial charge in [0.05, 0.1) is 0 Å². The van der Waals surface area contributed by atoms with Gasteiger partial charge >= 0.3 is 0 Å².